The summed E-state index contributed by atoms with van der Waals surface area (Å²) in [5, 5.41) is 36.1. The van der Waals surface area contributed by atoms with Gasteiger partial charge in [-0.2, -0.15) is 0 Å². The first-order valence-electron chi connectivity index (χ1n) is 10.2. The van der Waals surface area contributed by atoms with Gasteiger partial charge in [0.15, 0.2) is 0 Å². The first kappa shape index (κ1) is 25.1. The van der Waals surface area contributed by atoms with E-state index in [4.69, 9.17) is 0 Å². The van der Waals surface area contributed by atoms with E-state index in [0.29, 0.717) is 16.6 Å². The second-order valence-corrected chi connectivity index (χ2v) is 6.99. The Labute approximate surface area is 224 Å². The molecule has 34 heavy (non-hydrogen) atoms. The number of rotatable bonds is 0. The van der Waals surface area contributed by atoms with Crippen LogP contribution in [0.25, 0.3) is 32.7 Å². The van der Waals surface area contributed by atoms with Crippen LogP contribution in [0.15, 0.2) is 110 Å². The van der Waals surface area contributed by atoms with Crippen molar-refractivity contribution in [3.8, 4) is 17.2 Å². The van der Waals surface area contributed by atoms with Crippen LogP contribution in [0.1, 0.15) is 0 Å². The number of aromatic nitrogens is 3. The first-order chi connectivity index (χ1) is 16.1. The normalized spacial score (nSPS) is 9.88. The summed E-state index contributed by atoms with van der Waals surface area (Å²) in [6.45, 7) is 0. The summed E-state index contributed by atoms with van der Waals surface area (Å²) in [6, 6.07) is 26.5. The minimum atomic E-state index is -0.0110. The fourth-order valence-corrected chi connectivity index (χ4v) is 3.23. The summed E-state index contributed by atoms with van der Waals surface area (Å²) in [5.74, 6) is -0.0331. The van der Waals surface area contributed by atoms with E-state index >= 15 is 0 Å². The van der Waals surface area contributed by atoms with E-state index in [0.717, 1.165) is 16.2 Å². The zero-order valence-corrected chi connectivity index (χ0v) is 21.7. The van der Waals surface area contributed by atoms with Crippen molar-refractivity contribution < 1.29 is 50.9 Å². The molecule has 7 heteroatoms. The third-order valence-corrected chi connectivity index (χ3v) is 4.79. The van der Waals surface area contributed by atoms with Gasteiger partial charge >= 0.3 is 35.6 Å². The molecule has 0 aliphatic carbocycles. The number of hydrogen-bond acceptors (Lipinski definition) is 6. The number of para-hydroxylation sites is 3. The molecule has 0 N–H and O–H groups in total. The van der Waals surface area contributed by atoms with Crippen molar-refractivity contribution in [2.75, 3.05) is 0 Å². The van der Waals surface area contributed by atoms with E-state index < -0.39 is 0 Å². The van der Waals surface area contributed by atoms with Crippen molar-refractivity contribution in [1.29, 1.82) is 0 Å². The Hall–Kier alpha value is -3.52. The quantitative estimate of drug-likeness (QED) is 0.274. The van der Waals surface area contributed by atoms with Crippen molar-refractivity contribution in [1.82, 2.24) is 15.0 Å². The number of fused-ring (bicyclic) bond motifs is 3. The Morgan fingerprint density at radius 2 is 0.647 bits per heavy atom. The second-order valence-electron chi connectivity index (χ2n) is 6.99. The molecule has 0 aliphatic rings. The molecule has 0 fully saturated rings. The molecule has 0 bridgehead atoms. The average Bonchev–Trinajstić information content (AvgIpc) is 2.86. The van der Waals surface area contributed by atoms with Crippen molar-refractivity contribution >= 4 is 32.7 Å². The number of pyridine rings is 3. The molecule has 162 valence electrons. The van der Waals surface area contributed by atoms with Crippen LogP contribution in [-0.4, -0.2) is 15.0 Å². The maximum atomic E-state index is 11.1. The molecule has 0 spiro atoms. The Morgan fingerprint density at radius 1 is 0.382 bits per heavy atom. The van der Waals surface area contributed by atoms with Gasteiger partial charge in [0, 0.05) is 18.6 Å². The zero-order valence-electron chi connectivity index (χ0n) is 18.0. The van der Waals surface area contributed by atoms with Gasteiger partial charge in [0.2, 0.25) is 0 Å². The molecule has 0 aliphatic heterocycles. The maximum Gasteiger partial charge on any atom is 3.00 e. The predicted molar refractivity (Wildman–Crippen MR) is 124 cm³/mol. The summed E-state index contributed by atoms with van der Waals surface area (Å²) in [5.41, 5.74) is 1.65. The fourth-order valence-electron chi connectivity index (χ4n) is 3.23. The zero-order chi connectivity index (χ0) is 23.0. The van der Waals surface area contributed by atoms with Gasteiger partial charge < -0.3 is 15.3 Å². The Morgan fingerprint density at radius 3 is 0.912 bits per heavy atom. The van der Waals surface area contributed by atoms with E-state index in [1.54, 1.807) is 36.8 Å². The molecule has 0 amide bonds. The SMILES string of the molecule is [La+3].[O-]c1cccc2cccnc12.[O-]c1cccc2cccnc12.[O-]c1cccc2cccnc12. The van der Waals surface area contributed by atoms with E-state index in [1.165, 1.54) is 18.2 Å². The van der Waals surface area contributed by atoms with E-state index in [1.807, 2.05) is 54.6 Å². The summed E-state index contributed by atoms with van der Waals surface area (Å²) >= 11 is 0. The van der Waals surface area contributed by atoms with Gasteiger partial charge in [-0.05, 0) is 34.4 Å². The topological polar surface area (TPSA) is 108 Å². The molecule has 0 saturated carbocycles. The molecular weight excluding hydrogens is 553 g/mol. The number of nitrogens with zero attached hydrogens (tertiary/aromatic N) is 3. The summed E-state index contributed by atoms with van der Waals surface area (Å²) < 4.78 is 0. The summed E-state index contributed by atoms with van der Waals surface area (Å²) in [7, 11) is 0. The maximum absolute atomic E-state index is 11.1. The van der Waals surface area contributed by atoms with Gasteiger partial charge in [-0.1, -0.05) is 90.0 Å². The Bertz CT molecular complexity index is 1330. The van der Waals surface area contributed by atoms with Crippen LogP contribution < -0.4 is 15.3 Å². The van der Waals surface area contributed by atoms with Crippen molar-refractivity contribution in [2.45, 2.75) is 0 Å². The van der Waals surface area contributed by atoms with Crippen molar-refractivity contribution in [3.63, 3.8) is 0 Å². The molecule has 0 atom stereocenters. The predicted octanol–water partition coefficient (Wildman–Crippen LogP) is 3.93. The van der Waals surface area contributed by atoms with Gasteiger partial charge in [-0.15, -0.1) is 0 Å². The van der Waals surface area contributed by atoms with E-state index in [9.17, 15) is 15.3 Å². The van der Waals surface area contributed by atoms with Crippen molar-refractivity contribution in [3.05, 3.63) is 110 Å². The van der Waals surface area contributed by atoms with Gasteiger partial charge in [0.25, 0.3) is 0 Å². The molecule has 0 unspecified atom stereocenters. The van der Waals surface area contributed by atoms with E-state index in [2.05, 4.69) is 15.0 Å². The molecular formula is C27H18LaN3O3. The average molecular weight is 571 g/mol. The van der Waals surface area contributed by atoms with Crippen molar-refractivity contribution in [2.24, 2.45) is 0 Å². The Kier molecular flexibility index (Phi) is 8.93. The second kappa shape index (κ2) is 12.1. The van der Waals surface area contributed by atoms with Crippen LogP contribution in [0.3, 0.4) is 0 Å². The number of hydrogen-bond donors (Lipinski definition) is 0. The van der Waals surface area contributed by atoms with Gasteiger partial charge in [-0.25, -0.2) is 0 Å². The minimum absolute atomic E-state index is 0. The smallest absolute Gasteiger partial charge is 0.871 e. The molecule has 3 aromatic heterocycles. The fraction of sp³-hybridized carbons (Fsp3) is 0. The molecule has 6 nitrogen and oxygen atoms in total. The number of benzene rings is 3. The van der Waals surface area contributed by atoms with Gasteiger partial charge in [0.05, 0.1) is 16.6 Å². The largest absolute Gasteiger partial charge is 3.00 e. The van der Waals surface area contributed by atoms with Crippen LogP contribution >= 0.6 is 0 Å². The molecule has 3 heterocycles. The van der Waals surface area contributed by atoms with Crippen LogP contribution in [0, 0.1) is 35.6 Å². The molecule has 0 saturated heterocycles. The summed E-state index contributed by atoms with van der Waals surface area (Å²) in [4.78, 5) is 11.9. The molecule has 6 aromatic rings. The van der Waals surface area contributed by atoms with Crippen LogP contribution in [0.2, 0.25) is 0 Å². The summed E-state index contributed by atoms with van der Waals surface area (Å²) in [6.07, 6.45) is 4.89. The molecule has 0 radical (unpaired) electrons. The standard InChI is InChI=1S/3C9H7NO.La/c3*11-8-5-1-3-7-4-2-6-10-9(7)8;/h3*1-6,11H;/q;;;+3/p-3. The van der Waals surface area contributed by atoms with Crippen LogP contribution in [0.5, 0.6) is 17.2 Å². The molecule has 6 rings (SSSR count). The van der Waals surface area contributed by atoms with Gasteiger partial charge in [-0.3, -0.25) is 15.0 Å². The minimum Gasteiger partial charge on any atom is -0.871 e. The molecule has 3 aromatic carbocycles. The van der Waals surface area contributed by atoms with Crippen LogP contribution in [-0.2, 0) is 0 Å². The third kappa shape index (κ3) is 6.08. The van der Waals surface area contributed by atoms with Gasteiger partial charge in [0.1, 0.15) is 0 Å². The Balaban J connectivity index is 0.000000141. The first-order valence-corrected chi connectivity index (χ1v) is 10.2. The van der Waals surface area contributed by atoms with Crippen LogP contribution in [0.4, 0.5) is 0 Å². The van der Waals surface area contributed by atoms with E-state index in [-0.39, 0.29) is 52.8 Å². The third-order valence-electron chi connectivity index (χ3n) is 4.79. The monoisotopic (exact) mass is 571 g/mol.